The molecule has 17 heavy (non-hydrogen) atoms. The molecule has 2 rings (SSSR count). The van der Waals surface area contributed by atoms with Crippen LogP contribution in [-0.4, -0.2) is 54.6 Å². The van der Waals surface area contributed by atoms with Crippen molar-refractivity contribution in [2.45, 2.75) is 32.2 Å². The molecule has 5 heteroatoms. The molecule has 96 valence electrons. The van der Waals surface area contributed by atoms with E-state index >= 15 is 0 Å². The van der Waals surface area contributed by atoms with Gasteiger partial charge in [-0.05, 0) is 32.1 Å². The van der Waals surface area contributed by atoms with Crippen molar-refractivity contribution < 1.29 is 14.3 Å². The van der Waals surface area contributed by atoms with Gasteiger partial charge < -0.3 is 9.64 Å². The third-order valence-corrected chi connectivity index (χ3v) is 3.84. The molecule has 0 N–H and O–H groups in total. The Morgan fingerprint density at radius 3 is 2.47 bits per heavy atom. The van der Waals surface area contributed by atoms with Crippen LogP contribution < -0.4 is 0 Å². The number of hydrogen-bond donors (Lipinski definition) is 0. The number of urea groups is 1. The highest BCUT2D eigenvalue weighted by Crippen LogP contribution is 2.21. The van der Waals surface area contributed by atoms with Gasteiger partial charge in [-0.25, -0.2) is 4.79 Å². The van der Waals surface area contributed by atoms with Crippen LogP contribution in [0, 0.1) is 5.92 Å². The van der Waals surface area contributed by atoms with Crippen LogP contribution in [0.5, 0.6) is 0 Å². The molecule has 0 aromatic rings. The molecule has 0 aromatic carbocycles. The fourth-order valence-corrected chi connectivity index (χ4v) is 2.39. The Bertz CT molecular complexity index is 293. The first-order chi connectivity index (χ1) is 8.11. The number of amides is 3. The van der Waals surface area contributed by atoms with E-state index in [2.05, 4.69) is 0 Å². The maximum Gasteiger partial charge on any atom is 0.327 e. The van der Waals surface area contributed by atoms with Crippen LogP contribution in [0.25, 0.3) is 0 Å². The second kappa shape index (κ2) is 5.04. The first kappa shape index (κ1) is 12.4. The lowest BCUT2D eigenvalue weighted by Gasteiger charge is -2.23. The number of ether oxygens (including phenoxy) is 1. The maximum absolute atomic E-state index is 11.8. The smallest absolute Gasteiger partial charge is 0.327 e. The Hall–Kier alpha value is -1.10. The zero-order chi connectivity index (χ0) is 12.4. The second-order valence-corrected chi connectivity index (χ2v) is 4.90. The average molecular weight is 240 g/mol. The molecular formula is C12H20N2O3. The van der Waals surface area contributed by atoms with Crippen molar-refractivity contribution >= 4 is 11.9 Å². The summed E-state index contributed by atoms with van der Waals surface area (Å²) in [6.45, 7) is 3.94. The molecular weight excluding hydrogens is 220 g/mol. The number of hydrogen-bond acceptors (Lipinski definition) is 3. The van der Waals surface area contributed by atoms with Crippen molar-refractivity contribution in [3.8, 4) is 0 Å². The number of carbonyl (C=O) groups is 2. The van der Waals surface area contributed by atoms with Crippen molar-refractivity contribution in [1.29, 1.82) is 0 Å². The molecule has 0 saturated carbocycles. The first-order valence-corrected chi connectivity index (χ1v) is 6.27. The zero-order valence-corrected chi connectivity index (χ0v) is 10.5. The molecule has 1 unspecified atom stereocenters. The average Bonchev–Trinajstić information content (AvgIpc) is 2.54. The summed E-state index contributed by atoms with van der Waals surface area (Å²) >= 11 is 0. The Kier molecular flexibility index (Phi) is 3.66. The molecule has 1 atom stereocenters. The van der Waals surface area contributed by atoms with Crippen LogP contribution in [0.2, 0.25) is 0 Å². The van der Waals surface area contributed by atoms with Crippen LogP contribution in [-0.2, 0) is 9.53 Å². The summed E-state index contributed by atoms with van der Waals surface area (Å²) in [5.74, 6) is 0.523. The minimum atomic E-state index is -0.308. The van der Waals surface area contributed by atoms with Crippen molar-refractivity contribution in [3.63, 3.8) is 0 Å². The van der Waals surface area contributed by atoms with Gasteiger partial charge in [0, 0.05) is 26.8 Å². The molecule has 0 aromatic heterocycles. The normalized spacial score (nSPS) is 27.1. The largest absolute Gasteiger partial charge is 0.381 e. The van der Waals surface area contributed by atoms with E-state index in [9.17, 15) is 9.59 Å². The third kappa shape index (κ3) is 2.44. The monoisotopic (exact) mass is 240 g/mol. The lowest BCUT2D eigenvalue weighted by atomic mass is 9.96. The van der Waals surface area contributed by atoms with Crippen LogP contribution in [0.3, 0.4) is 0 Å². The highest BCUT2D eigenvalue weighted by molar-refractivity contribution is 6.03. The summed E-state index contributed by atoms with van der Waals surface area (Å²) in [5, 5.41) is 0. The lowest BCUT2D eigenvalue weighted by Crippen LogP contribution is -2.34. The quantitative estimate of drug-likeness (QED) is 0.694. The zero-order valence-electron chi connectivity index (χ0n) is 10.5. The van der Waals surface area contributed by atoms with E-state index in [1.165, 1.54) is 9.80 Å². The summed E-state index contributed by atoms with van der Waals surface area (Å²) in [4.78, 5) is 26.5. The second-order valence-electron chi connectivity index (χ2n) is 4.90. The Balaban J connectivity index is 1.86. The van der Waals surface area contributed by atoms with Crippen LogP contribution in [0.1, 0.15) is 26.2 Å². The minimum absolute atomic E-state index is 0.0652. The van der Waals surface area contributed by atoms with Crippen molar-refractivity contribution in [3.05, 3.63) is 0 Å². The molecule has 0 spiro atoms. The van der Waals surface area contributed by atoms with Gasteiger partial charge in [0.1, 0.15) is 6.04 Å². The summed E-state index contributed by atoms with van der Waals surface area (Å²) in [6, 6.07) is -0.466. The minimum Gasteiger partial charge on any atom is -0.381 e. The molecule has 3 amide bonds. The van der Waals surface area contributed by atoms with Gasteiger partial charge in [-0.2, -0.15) is 0 Å². The standard InChI is InChI=1S/C12H20N2O3/c1-9-11(15)14(12(16)13(9)2)6-3-10-4-7-17-8-5-10/h9-10H,3-8H2,1-2H3. The molecule has 2 saturated heterocycles. The summed E-state index contributed by atoms with van der Waals surface area (Å²) < 4.78 is 5.29. The fourth-order valence-electron chi connectivity index (χ4n) is 2.39. The van der Waals surface area contributed by atoms with Crippen molar-refractivity contribution in [2.75, 3.05) is 26.8 Å². The van der Waals surface area contributed by atoms with Crippen molar-refractivity contribution in [2.24, 2.45) is 5.92 Å². The fraction of sp³-hybridized carbons (Fsp3) is 0.833. The highest BCUT2D eigenvalue weighted by Gasteiger charge is 2.39. The van der Waals surface area contributed by atoms with E-state index in [1.54, 1.807) is 14.0 Å². The summed E-state index contributed by atoms with van der Waals surface area (Å²) in [7, 11) is 1.68. The van der Waals surface area contributed by atoms with Gasteiger partial charge in [0.25, 0.3) is 5.91 Å². The number of nitrogens with zero attached hydrogens (tertiary/aromatic N) is 2. The summed E-state index contributed by atoms with van der Waals surface area (Å²) in [5.41, 5.74) is 0. The number of likely N-dealkylation sites (N-methyl/N-ethyl adjacent to an activating group) is 1. The number of rotatable bonds is 3. The van der Waals surface area contributed by atoms with Gasteiger partial charge in [0.05, 0.1) is 0 Å². The van der Waals surface area contributed by atoms with E-state index in [0.29, 0.717) is 12.5 Å². The maximum atomic E-state index is 11.8. The van der Waals surface area contributed by atoms with E-state index in [4.69, 9.17) is 4.74 Å². The first-order valence-electron chi connectivity index (χ1n) is 6.27. The van der Waals surface area contributed by atoms with Crippen LogP contribution >= 0.6 is 0 Å². The molecule has 2 heterocycles. The van der Waals surface area contributed by atoms with Crippen molar-refractivity contribution in [1.82, 2.24) is 9.80 Å². The van der Waals surface area contributed by atoms with Gasteiger partial charge in [-0.15, -0.1) is 0 Å². The Labute approximate surface area is 102 Å². The molecule has 2 aliphatic rings. The molecule has 5 nitrogen and oxygen atoms in total. The lowest BCUT2D eigenvalue weighted by molar-refractivity contribution is -0.127. The van der Waals surface area contributed by atoms with Crippen LogP contribution in [0.4, 0.5) is 4.79 Å². The third-order valence-electron chi connectivity index (χ3n) is 3.84. The Morgan fingerprint density at radius 2 is 1.94 bits per heavy atom. The summed E-state index contributed by atoms with van der Waals surface area (Å²) in [6.07, 6.45) is 2.99. The molecule has 0 radical (unpaired) electrons. The van der Waals surface area contributed by atoms with Gasteiger partial charge >= 0.3 is 6.03 Å². The molecule has 0 aliphatic carbocycles. The number of imide groups is 1. The van der Waals surface area contributed by atoms with Gasteiger partial charge in [-0.1, -0.05) is 0 Å². The molecule has 2 fully saturated rings. The van der Waals surface area contributed by atoms with Gasteiger partial charge in [0.2, 0.25) is 0 Å². The Morgan fingerprint density at radius 1 is 1.29 bits per heavy atom. The highest BCUT2D eigenvalue weighted by atomic mass is 16.5. The van der Waals surface area contributed by atoms with Crippen LogP contribution in [0.15, 0.2) is 0 Å². The van der Waals surface area contributed by atoms with E-state index in [1.807, 2.05) is 0 Å². The van der Waals surface area contributed by atoms with E-state index in [-0.39, 0.29) is 18.0 Å². The van der Waals surface area contributed by atoms with E-state index in [0.717, 1.165) is 32.5 Å². The van der Waals surface area contributed by atoms with Gasteiger partial charge in [0.15, 0.2) is 0 Å². The van der Waals surface area contributed by atoms with E-state index < -0.39 is 0 Å². The SMILES string of the molecule is CC1C(=O)N(CCC2CCOCC2)C(=O)N1C. The molecule has 0 bridgehead atoms. The predicted octanol–water partition coefficient (Wildman–Crippen LogP) is 1.09. The number of carbonyl (C=O) groups excluding carboxylic acids is 2. The predicted molar refractivity (Wildman–Crippen MR) is 62.5 cm³/mol. The van der Waals surface area contributed by atoms with Gasteiger partial charge in [-0.3, -0.25) is 9.69 Å². The molecule has 2 aliphatic heterocycles. The topological polar surface area (TPSA) is 49.9 Å².